The molecule has 1 aliphatic rings. The Labute approximate surface area is 98.8 Å². The molecule has 0 spiro atoms. The Kier molecular flexibility index (Phi) is 12.5. The van der Waals surface area contributed by atoms with E-state index < -0.39 is 18.2 Å². The molecule has 1 unspecified atom stereocenters. The average molecular weight is 237 g/mol. The Morgan fingerprint density at radius 3 is 2.54 bits per heavy atom. The van der Waals surface area contributed by atoms with Crippen molar-refractivity contribution in [3.8, 4) is 0 Å². The predicted octanol–water partition coefficient (Wildman–Crippen LogP) is 3.74. The minimum atomic E-state index is -0.639. The summed E-state index contributed by atoms with van der Waals surface area (Å²) in [5.41, 5.74) is 0. The van der Waals surface area contributed by atoms with Gasteiger partial charge in [0.1, 0.15) is 0 Å². The van der Waals surface area contributed by atoms with Gasteiger partial charge in [0.2, 0.25) is 0 Å². The standard InChI is InChI=1S/C9H18O.2ClH.Mg/c1-2-3-4-6-9-7-5-8-10-9;;;/h9H,2-8H2,1H3;2*1H;/q;;;+2/p-2. The van der Waals surface area contributed by atoms with E-state index in [0.29, 0.717) is 6.10 Å². The van der Waals surface area contributed by atoms with Crippen molar-refractivity contribution < 1.29 is 4.74 Å². The van der Waals surface area contributed by atoms with E-state index in [1.807, 2.05) is 0 Å². The number of ether oxygens (including phenoxy) is 1. The maximum absolute atomic E-state index is 5.50. The van der Waals surface area contributed by atoms with Crippen molar-refractivity contribution in [1.82, 2.24) is 0 Å². The molecule has 0 N–H and O–H groups in total. The van der Waals surface area contributed by atoms with Crippen molar-refractivity contribution >= 4 is 36.3 Å². The summed E-state index contributed by atoms with van der Waals surface area (Å²) in [6, 6.07) is 0. The van der Waals surface area contributed by atoms with Crippen LogP contribution in [-0.4, -0.2) is 30.9 Å². The topological polar surface area (TPSA) is 9.23 Å². The van der Waals surface area contributed by atoms with E-state index in [-0.39, 0.29) is 0 Å². The van der Waals surface area contributed by atoms with Gasteiger partial charge in [0, 0.05) is 6.61 Å². The normalized spacial score (nSPS) is 20.4. The Morgan fingerprint density at radius 2 is 2.08 bits per heavy atom. The highest BCUT2D eigenvalue weighted by atomic mass is 35.6. The first-order valence-corrected chi connectivity index (χ1v) is 9.36. The molecule has 1 aliphatic heterocycles. The SMILES string of the molecule is CCCCCC1CCCO1.[Cl][Mg][Cl]. The minimum Gasteiger partial charge on any atom is -0.378 e. The molecule has 0 saturated carbocycles. The summed E-state index contributed by atoms with van der Waals surface area (Å²) < 4.78 is 5.50. The minimum absolute atomic E-state index is 0.617. The molecule has 0 aromatic carbocycles. The van der Waals surface area contributed by atoms with Gasteiger partial charge >= 0.3 is 18.2 Å². The van der Waals surface area contributed by atoms with Crippen LogP contribution in [0.4, 0.5) is 0 Å². The van der Waals surface area contributed by atoms with Gasteiger partial charge in [0.15, 0.2) is 0 Å². The number of hydrogen-bond donors (Lipinski definition) is 0. The molecule has 1 rings (SSSR count). The van der Waals surface area contributed by atoms with Gasteiger partial charge in [-0.25, -0.2) is 0 Å². The van der Waals surface area contributed by atoms with E-state index in [1.165, 1.54) is 38.5 Å². The van der Waals surface area contributed by atoms with Crippen LogP contribution < -0.4 is 0 Å². The fourth-order valence-electron chi connectivity index (χ4n) is 1.49. The van der Waals surface area contributed by atoms with Crippen LogP contribution in [0.25, 0.3) is 0 Å². The molecule has 76 valence electrons. The Bertz CT molecular complexity index is 97.6. The molecular weight excluding hydrogens is 219 g/mol. The lowest BCUT2D eigenvalue weighted by Gasteiger charge is -2.06. The zero-order valence-corrected chi connectivity index (χ0v) is 11.3. The van der Waals surface area contributed by atoms with Gasteiger partial charge in [-0.15, -0.1) is 0 Å². The summed E-state index contributed by atoms with van der Waals surface area (Å²) in [5, 5.41) is 0. The summed E-state index contributed by atoms with van der Waals surface area (Å²) in [6.45, 7) is 3.26. The van der Waals surface area contributed by atoms with Crippen LogP contribution in [-0.2, 0) is 4.74 Å². The van der Waals surface area contributed by atoms with Gasteiger partial charge in [0.05, 0.1) is 6.10 Å². The van der Waals surface area contributed by atoms with Gasteiger partial charge < -0.3 is 22.9 Å². The van der Waals surface area contributed by atoms with Gasteiger partial charge in [-0.05, 0) is 19.3 Å². The lowest BCUT2D eigenvalue weighted by molar-refractivity contribution is 0.102. The maximum atomic E-state index is 5.50. The molecule has 13 heavy (non-hydrogen) atoms. The van der Waals surface area contributed by atoms with Gasteiger partial charge in [-0.2, -0.15) is 0 Å². The van der Waals surface area contributed by atoms with E-state index in [2.05, 4.69) is 6.92 Å². The molecule has 1 atom stereocenters. The number of rotatable bonds is 4. The van der Waals surface area contributed by atoms with Crippen molar-refractivity contribution in [2.24, 2.45) is 0 Å². The lowest BCUT2D eigenvalue weighted by Crippen LogP contribution is -2.03. The van der Waals surface area contributed by atoms with E-state index in [0.717, 1.165) is 6.61 Å². The summed E-state index contributed by atoms with van der Waals surface area (Å²) in [7, 11) is 9.81. The number of halogens is 2. The van der Waals surface area contributed by atoms with Crippen LogP contribution in [0.15, 0.2) is 0 Å². The quantitative estimate of drug-likeness (QED) is 0.534. The second kappa shape index (κ2) is 11.4. The van der Waals surface area contributed by atoms with Crippen LogP contribution in [0.3, 0.4) is 0 Å². The molecule has 1 fully saturated rings. The van der Waals surface area contributed by atoms with Gasteiger partial charge in [-0.3, -0.25) is 0 Å². The molecule has 0 aliphatic carbocycles. The number of hydrogen-bond acceptors (Lipinski definition) is 1. The number of unbranched alkanes of at least 4 members (excludes halogenated alkanes) is 2. The van der Waals surface area contributed by atoms with Crippen LogP contribution >= 0.6 is 18.1 Å². The molecule has 0 aromatic rings. The fraction of sp³-hybridized carbons (Fsp3) is 1.00. The molecule has 1 saturated heterocycles. The highest BCUT2D eigenvalue weighted by Crippen LogP contribution is 2.17. The van der Waals surface area contributed by atoms with E-state index >= 15 is 0 Å². The third-order valence-corrected chi connectivity index (χ3v) is 2.15. The maximum Gasteiger partial charge on any atom is 0.618 e. The van der Waals surface area contributed by atoms with Gasteiger partial charge in [0.25, 0.3) is 0 Å². The second-order valence-electron chi connectivity index (χ2n) is 3.23. The molecule has 1 nitrogen and oxygen atoms in total. The zero-order chi connectivity index (χ0) is 9.94. The van der Waals surface area contributed by atoms with Crippen molar-refractivity contribution in [2.45, 2.75) is 51.6 Å². The Balaban J connectivity index is 0.000000424. The molecule has 4 heteroatoms. The first-order chi connectivity index (χ1) is 6.35. The molecular formula is C9H18Cl2MgO. The molecule has 0 amide bonds. The average Bonchev–Trinajstić information content (AvgIpc) is 2.59. The van der Waals surface area contributed by atoms with E-state index in [4.69, 9.17) is 22.9 Å². The van der Waals surface area contributed by atoms with Crippen LogP contribution in [0, 0.1) is 0 Å². The van der Waals surface area contributed by atoms with E-state index in [1.54, 1.807) is 0 Å². The Morgan fingerprint density at radius 1 is 1.38 bits per heavy atom. The van der Waals surface area contributed by atoms with Crippen molar-refractivity contribution in [3.05, 3.63) is 0 Å². The first kappa shape index (κ1) is 14.3. The van der Waals surface area contributed by atoms with Gasteiger partial charge in [-0.1, -0.05) is 26.2 Å². The van der Waals surface area contributed by atoms with Crippen LogP contribution in [0.5, 0.6) is 0 Å². The monoisotopic (exact) mass is 236 g/mol. The van der Waals surface area contributed by atoms with Crippen molar-refractivity contribution in [1.29, 1.82) is 0 Å². The summed E-state index contributed by atoms with van der Waals surface area (Å²) in [4.78, 5) is 0. The fourth-order valence-corrected chi connectivity index (χ4v) is 1.49. The summed E-state index contributed by atoms with van der Waals surface area (Å²) >= 11 is -0.639. The van der Waals surface area contributed by atoms with E-state index in [9.17, 15) is 0 Å². The predicted molar refractivity (Wildman–Crippen MR) is 60.6 cm³/mol. The third kappa shape index (κ3) is 9.61. The molecule has 0 aromatic heterocycles. The lowest BCUT2D eigenvalue weighted by atomic mass is 10.1. The highest BCUT2D eigenvalue weighted by molar-refractivity contribution is 7.22. The third-order valence-electron chi connectivity index (χ3n) is 2.15. The van der Waals surface area contributed by atoms with Crippen LogP contribution in [0.2, 0.25) is 0 Å². The summed E-state index contributed by atoms with van der Waals surface area (Å²) in [5.74, 6) is 0. The Hall–Kier alpha value is 1.31. The van der Waals surface area contributed by atoms with Crippen molar-refractivity contribution in [3.63, 3.8) is 0 Å². The largest absolute Gasteiger partial charge is 0.618 e. The molecule has 1 heterocycles. The second-order valence-corrected chi connectivity index (χ2v) is 5.86. The summed E-state index contributed by atoms with van der Waals surface area (Å²) in [6.07, 6.45) is 8.58. The van der Waals surface area contributed by atoms with Crippen LogP contribution in [0.1, 0.15) is 45.4 Å². The molecule has 0 radical (unpaired) electrons. The highest BCUT2D eigenvalue weighted by Gasteiger charge is 2.13. The smallest absolute Gasteiger partial charge is 0.378 e. The van der Waals surface area contributed by atoms with Crippen molar-refractivity contribution in [2.75, 3.05) is 6.61 Å². The molecule has 0 bridgehead atoms. The first-order valence-electron chi connectivity index (χ1n) is 5.08. The zero-order valence-electron chi connectivity index (χ0n) is 8.40.